The Morgan fingerprint density at radius 2 is 2.13 bits per heavy atom. The monoisotopic (exact) mass is 315 g/mol. The van der Waals surface area contributed by atoms with Gasteiger partial charge < -0.3 is 22.5 Å². The summed E-state index contributed by atoms with van der Waals surface area (Å²) >= 11 is 0. The molecule has 0 aliphatic heterocycles. The lowest BCUT2D eigenvalue weighted by Gasteiger charge is -2.11. The third kappa shape index (κ3) is 2.98. The molecule has 0 saturated heterocycles. The van der Waals surface area contributed by atoms with Crippen molar-refractivity contribution >= 4 is 34.8 Å². The topological polar surface area (TPSA) is 165 Å². The predicted molar refractivity (Wildman–Crippen MR) is 86.8 cm³/mol. The van der Waals surface area contributed by atoms with Crippen molar-refractivity contribution in [3.8, 4) is 0 Å². The minimum absolute atomic E-state index is 0.0432. The minimum Gasteiger partial charge on any atom is -0.397 e. The number of nitrogens with zero attached hydrogens (tertiary/aromatic N) is 2. The molecule has 8 N–H and O–H groups in total. The number of carbonyl (C=O) groups excluding carboxylic acids is 2. The van der Waals surface area contributed by atoms with Gasteiger partial charge in [-0.3, -0.25) is 19.7 Å². The van der Waals surface area contributed by atoms with E-state index in [2.05, 4.69) is 20.5 Å². The summed E-state index contributed by atoms with van der Waals surface area (Å²) < 4.78 is 0. The van der Waals surface area contributed by atoms with Crippen molar-refractivity contribution in [1.29, 1.82) is 0 Å². The first-order chi connectivity index (χ1) is 11.0. The second-order valence-corrected chi connectivity index (χ2v) is 4.69. The van der Waals surface area contributed by atoms with E-state index in [0.29, 0.717) is 29.4 Å². The highest BCUT2D eigenvalue weighted by molar-refractivity contribution is 6.25. The largest absolute Gasteiger partial charge is 0.397 e. The van der Waals surface area contributed by atoms with Crippen LogP contribution in [-0.4, -0.2) is 35.4 Å². The number of nitrogens with one attached hydrogen (secondary N) is 2. The number of rotatable bonds is 6. The van der Waals surface area contributed by atoms with Crippen LogP contribution in [0.1, 0.15) is 11.1 Å². The van der Waals surface area contributed by atoms with Crippen molar-refractivity contribution in [2.75, 3.05) is 7.05 Å². The zero-order valence-electron chi connectivity index (χ0n) is 12.5. The molecular formula is C14H17N7O2. The first kappa shape index (κ1) is 16.0. The third-order valence-corrected chi connectivity index (χ3v) is 3.38. The van der Waals surface area contributed by atoms with Gasteiger partial charge in [-0.25, -0.2) is 0 Å². The Labute approximate surface area is 131 Å². The molecular weight excluding hydrogens is 298 g/mol. The molecule has 2 aromatic rings. The number of carbonyl (C=O) groups is 2. The maximum atomic E-state index is 11.6. The molecule has 0 radical (unpaired) electrons. The van der Waals surface area contributed by atoms with E-state index in [4.69, 9.17) is 17.2 Å². The van der Waals surface area contributed by atoms with Crippen LogP contribution in [0.3, 0.4) is 0 Å². The number of benzene rings is 1. The number of amides is 2. The molecule has 0 aliphatic rings. The van der Waals surface area contributed by atoms with Crippen LogP contribution >= 0.6 is 0 Å². The minimum atomic E-state index is -0.769. The second kappa shape index (κ2) is 6.60. The Morgan fingerprint density at radius 1 is 1.39 bits per heavy atom. The van der Waals surface area contributed by atoms with Crippen molar-refractivity contribution in [2.24, 2.45) is 22.2 Å². The average Bonchev–Trinajstić information content (AvgIpc) is 3.01. The van der Waals surface area contributed by atoms with E-state index in [1.165, 1.54) is 7.05 Å². The van der Waals surface area contributed by atoms with Crippen molar-refractivity contribution in [3.05, 3.63) is 35.0 Å². The van der Waals surface area contributed by atoms with Gasteiger partial charge in [-0.1, -0.05) is 12.1 Å². The first-order valence-corrected chi connectivity index (χ1v) is 6.65. The molecule has 9 heteroatoms. The fraction of sp³-hybridized carbons (Fsp3) is 0.143. The van der Waals surface area contributed by atoms with Crippen molar-refractivity contribution in [3.63, 3.8) is 0 Å². The lowest BCUT2D eigenvalue weighted by atomic mass is 9.99. The van der Waals surface area contributed by atoms with E-state index in [9.17, 15) is 9.59 Å². The number of aromatic amines is 1. The summed E-state index contributed by atoms with van der Waals surface area (Å²) in [7, 11) is 1.44. The number of H-pyrrole nitrogens is 1. The summed E-state index contributed by atoms with van der Waals surface area (Å²) in [5, 5.41) is 10.1. The number of amidine groups is 1. The van der Waals surface area contributed by atoms with Gasteiger partial charge in [-0.2, -0.15) is 5.10 Å². The van der Waals surface area contributed by atoms with Gasteiger partial charge in [-0.05, 0) is 5.56 Å². The van der Waals surface area contributed by atoms with Gasteiger partial charge >= 0.3 is 0 Å². The Hall–Kier alpha value is -3.36. The molecule has 1 aromatic carbocycles. The lowest BCUT2D eigenvalue weighted by molar-refractivity contribution is -0.114. The summed E-state index contributed by atoms with van der Waals surface area (Å²) in [4.78, 5) is 25.9. The van der Waals surface area contributed by atoms with E-state index in [1.54, 1.807) is 18.3 Å². The molecule has 0 aliphatic carbocycles. The number of nitrogens with two attached hydrogens (primary N) is 3. The Balaban J connectivity index is 2.66. The van der Waals surface area contributed by atoms with Crippen LogP contribution < -0.4 is 22.5 Å². The van der Waals surface area contributed by atoms with E-state index in [0.717, 1.165) is 5.56 Å². The zero-order valence-corrected chi connectivity index (χ0v) is 12.5. The van der Waals surface area contributed by atoms with E-state index < -0.39 is 5.91 Å². The van der Waals surface area contributed by atoms with Crippen LogP contribution in [0, 0.1) is 0 Å². The van der Waals surface area contributed by atoms with Gasteiger partial charge in [0.05, 0.1) is 17.4 Å². The third-order valence-electron chi connectivity index (χ3n) is 3.38. The second-order valence-electron chi connectivity index (χ2n) is 4.69. The molecule has 9 nitrogen and oxygen atoms in total. The van der Waals surface area contributed by atoms with Crippen LogP contribution in [0.25, 0.3) is 16.6 Å². The summed E-state index contributed by atoms with van der Waals surface area (Å²) in [6.45, 7) is 0.327. The standard InChI is InChI=1S/C14H17N7O2/c1-18-13(16)10(14(17)23)11(15)8-3-2-7(4-19-6-22)12-9(8)5-20-21-12/h2-3,5-6H,4,15H2,1H3,(H2,16,18)(H2,17,23)(H,19,22)(H,20,21)/b11-10+. The molecule has 0 saturated carbocycles. The van der Waals surface area contributed by atoms with Gasteiger partial charge in [-0.15, -0.1) is 0 Å². The van der Waals surface area contributed by atoms with Crippen LogP contribution in [-0.2, 0) is 16.1 Å². The molecule has 1 aromatic heterocycles. The number of aliphatic imine (C=N–C) groups is 1. The summed E-state index contributed by atoms with van der Waals surface area (Å²) in [5.41, 5.74) is 19.3. The molecule has 2 rings (SSSR count). The van der Waals surface area contributed by atoms with Gasteiger partial charge in [0.15, 0.2) is 0 Å². The fourth-order valence-corrected chi connectivity index (χ4v) is 2.27. The summed E-state index contributed by atoms with van der Waals surface area (Å²) in [6.07, 6.45) is 2.17. The molecule has 2 amide bonds. The number of aromatic nitrogens is 2. The van der Waals surface area contributed by atoms with Gasteiger partial charge in [0.2, 0.25) is 6.41 Å². The van der Waals surface area contributed by atoms with E-state index in [1.807, 2.05) is 0 Å². The molecule has 0 atom stereocenters. The zero-order chi connectivity index (χ0) is 17.0. The van der Waals surface area contributed by atoms with Gasteiger partial charge in [0.25, 0.3) is 5.91 Å². The molecule has 1 heterocycles. The van der Waals surface area contributed by atoms with Gasteiger partial charge in [0.1, 0.15) is 11.4 Å². The van der Waals surface area contributed by atoms with Crippen LogP contribution in [0.4, 0.5) is 0 Å². The van der Waals surface area contributed by atoms with E-state index in [-0.39, 0.29) is 17.1 Å². The predicted octanol–water partition coefficient (Wildman–Crippen LogP) is -1.05. The maximum absolute atomic E-state index is 11.6. The van der Waals surface area contributed by atoms with E-state index >= 15 is 0 Å². The molecule has 120 valence electrons. The lowest BCUT2D eigenvalue weighted by Crippen LogP contribution is -2.29. The highest BCUT2D eigenvalue weighted by Gasteiger charge is 2.18. The SMILES string of the molecule is CN=C(N)/C(C(N)=O)=C(\N)c1ccc(CNC=O)c2[nH]ncc12. The summed E-state index contributed by atoms with van der Waals surface area (Å²) in [6, 6.07) is 3.47. The molecule has 0 fully saturated rings. The van der Waals surface area contributed by atoms with Crippen molar-refractivity contribution < 1.29 is 9.59 Å². The van der Waals surface area contributed by atoms with Gasteiger partial charge in [0, 0.05) is 24.5 Å². The number of hydrogen-bond acceptors (Lipinski definition) is 5. The normalized spacial score (nSPS) is 12.8. The number of primary amides is 1. The number of hydrogen-bond donors (Lipinski definition) is 5. The Bertz CT molecular complexity index is 820. The first-order valence-electron chi connectivity index (χ1n) is 6.65. The van der Waals surface area contributed by atoms with Crippen molar-refractivity contribution in [2.45, 2.75) is 6.54 Å². The molecule has 0 bridgehead atoms. The van der Waals surface area contributed by atoms with Crippen LogP contribution in [0.5, 0.6) is 0 Å². The number of fused-ring (bicyclic) bond motifs is 1. The Kier molecular flexibility index (Phi) is 4.60. The Morgan fingerprint density at radius 3 is 2.74 bits per heavy atom. The highest BCUT2D eigenvalue weighted by Crippen LogP contribution is 2.26. The summed E-state index contributed by atoms with van der Waals surface area (Å²) in [5.74, 6) is -0.813. The highest BCUT2D eigenvalue weighted by atomic mass is 16.1. The maximum Gasteiger partial charge on any atom is 0.254 e. The van der Waals surface area contributed by atoms with Crippen LogP contribution in [0.2, 0.25) is 0 Å². The average molecular weight is 315 g/mol. The van der Waals surface area contributed by atoms with Crippen molar-refractivity contribution in [1.82, 2.24) is 15.5 Å². The molecule has 0 spiro atoms. The van der Waals surface area contributed by atoms with Crippen LogP contribution in [0.15, 0.2) is 28.9 Å². The molecule has 23 heavy (non-hydrogen) atoms. The quantitative estimate of drug-likeness (QED) is 0.198. The fourth-order valence-electron chi connectivity index (χ4n) is 2.27. The smallest absolute Gasteiger partial charge is 0.254 e. The molecule has 0 unspecified atom stereocenters.